The summed E-state index contributed by atoms with van der Waals surface area (Å²) in [6.07, 6.45) is 3.64. The van der Waals surface area contributed by atoms with E-state index in [1.165, 1.54) is 3.69 Å². The molecule has 2 heterocycles. The first-order valence-corrected chi connectivity index (χ1v) is 3.69. The van der Waals surface area contributed by atoms with E-state index in [0.717, 1.165) is 5.65 Å². The summed E-state index contributed by atoms with van der Waals surface area (Å²) in [5.41, 5.74) is 0.945. The molecule has 0 aliphatic carbocycles. The first-order valence-electron chi connectivity index (χ1n) is 2.98. The molecule has 2 aromatic rings. The van der Waals surface area contributed by atoms with Gasteiger partial charge in [0.05, 0.1) is 0 Å². The third kappa shape index (κ3) is 1.47. The van der Waals surface area contributed by atoms with Gasteiger partial charge in [-0.25, -0.2) is 0 Å². The third-order valence-electron chi connectivity index (χ3n) is 1.40. The summed E-state index contributed by atoms with van der Waals surface area (Å²) in [4.78, 5) is 0. The van der Waals surface area contributed by atoms with Crippen LogP contribution < -0.4 is 16.1 Å². The molecule has 0 amide bonds. The average molecular weight is 178 g/mol. The van der Waals surface area contributed by atoms with E-state index in [1.807, 2.05) is 44.4 Å². The van der Waals surface area contributed by atoms with Crippen LogP contribution in [-0.2, 0) is 0 Å². The molecule has 0 atom stereocenters. The normalized spacial score (nSPS) is 9.64. The molecule has 5 heteroatoms. The molecule has 0 fully saturated rings. The predicted octanol–water partition coefficient (Wildman–Crippen LogP) is -3.47. The van der Waals surface area contributed by atoms with Crippen LogP contribution in [-0.4, -0.2) is 36.3 Å². The van der Waals surface area contributed by atoms with Crippen molar-refractivity contribution >= 4 is 31.0 Å². The Morgan fingerprint density at radius 2 is 2.27 bits per heavy atom. The van der Waals surface area contributed by atoms with E-state index in [4.69, 9.17) is 0 Å². The third-order valence-corrected chi connectivity index (χ3v) is 1.96. The van der Waals surface area contributed by atoms with Gasteiger partial charge in [0.1, 0.15) is 0 Å². The number of rotatable bonds is 0. The molecule has 0 bridgehead atoms. The molecule has 0 saturated carbocycles. The summed E-state index contributed by atoms with van der Waals surface area (Å²) in [5.74, 6) is 0. The van der Waals surface area contributed by atoms with E-state index in [2.05, 4.69) is 10.2 Å². The van der Waals surface area contributed by atoms with Crippen LogP contribution in [0.25, 0.3) is 5.65 Å². The Labute approximate surface area is 82.7 Å². The van der Waals surface area contributed by atoms with E-state index in [0.29, 0.717) is 0 Å². The first kappa shape index (κ1) is 8.77. The van der Waals surface area contributed by atoms with Crippen molar-refractivity contribution in [1.29, 1.82) is 0 Å². The maximum atomic E-state index is 3.94. The zero-order valence-corrected chi connectivity index (χ0v) is 7.91. The fraction of sp³-hybridized carbons (Fsp3) is 0. The summed E-state index contributed by atoms with van der Waals surface area (Å²) in [7, 11) is 0. The van der Waals surface area contributed by atoms with Gasteiger partial charge >= 0.3 is 70.3 Å². The Hall–Kier alpha value is -0.324. The summed E-state index contributed by atoms with van der Waals surface area (Å²) < 4.78 is 3.09. The number of fused-ring (bicyclic) bond motifs is 1. The van der Waals surface area contributed by atoms with Gasteiger partial charge in [-0.1, -0.05) is 0 Å². The van der Waals surface area contributed by atoms with Crippen LogP contribution in [0.4, 0.5) is 0 Å². The molecule has 2 rings (SSSR count). The topological polar surface area (TPSA) is 30.2 Å². The van der Waals surface area contributed by atoms with E-state index in [9.17, 15) is 0 Å². The fourth-order valence-electron chi connectivity index (χ4n) is 0.908. The van der Waals surface area contributed by atoms with Crippen LogP contribution in [0.1, 0.15) is 0 Å². The molecular weight excluding hydrogens is 174 g/mol. The van der Waals surface area contributed by atoms with Gasteiger partial charge in [0.25, 0.3) is 0 Å². The number of nitrogens with zero attached hydrogens (tertiary/aromatic N) is 3. The van der Waals surface area contributed by atoms with Crippen molar-refractivity contribution in [2.24, 2.45) is 0 Å². The number of aromatic nitrogens is 3. The quantitative estimate of drug-likeness (QED) is 0.392. The van der Waals surface area contributed by atoms with E-state index >= 15 is 0 Å². The molecule has 0 radical (unpaired) electrons. The van der Waals surface area contributed by atoms with Gasteiger partial charge in [-0.15, -0.1) is 0 Å². The molecule has 0 aliphatic rings. The number of halogens is 1. The molecule has 0 saturated heterocycles. The number of hydrogen-bond donors (Lipinski definition) is 0. The summed E-state index contributed by atoms with van der Waals surface area (Å²) in [6, 6.07) is 4.02. The standard InChI is InChI=1S/C6H4N3.ClH.Mg/c1-2-4-9-5-7-8-6(9)3-1;;/h1-2,4-5H;1H;/q;;+1/p-1. The van der Waals surface area contributed by atoms with Gasteiger partial charge < -0.3 is 12.4 Å². The van der Waals surface area contributed by atoms with Crippen molar-refractivity contribution in [2.45, 2.75) is 0 Å². The number of hydrogen-bond acceptors (Lipinski definition) is 2. The van der Waals surface area contributed by atoms with Crippen molar-refractivity contribution in [2.75, 3.05) is 0 Å². The summed E-state index contributed by atoms with van der Waals surface area (Å²) in [6.45, 7) is 0. The molecule has 11 heavy (non-hydrogen) atoms. The average Bonchev–Trinajstić information content (AvgIpc) is 2.36. The van der Waals surface area contributed by atoms with Crippen molar-refractivity contribution < 1.29 is 12.4 Å². The Morgan fingerprint density at radius 3 is 3.00 bits per heavy atom. The molecule has 52 valence electrons. The molecular formula is C6H4ClMgN3. The molecule has 0 aliphatic heterocycles. The summed E-state index contributed by atoms with van der Waals surface area (Å²) >= 11 is 1.82. The van der Waals surface area contributed by atoms with Crippen LogP contribution in [0.3, 0.4) is 0 Å². The van der Waals surface area contributed by atoms with Crippen molar-refractivity contribution in [1.82, 2.24) is 14.6 Å². The molecule has 3 nitrogen and oxygen atoms in total. The zero-order chi connectivity index (χ0) is 6.97. The van der Waals surface area contributed by atoms with Crippen LogP contribution >= 0.6 is 0 Å². The monoisotopic (exact) mass is 177 g/mol. The van der Waals surface area contributed by atoms with E-state index in [1.54, 1.807) is 6.33 Å². The maximum absolute atomic E-state index is 3.94. The minimum atomic E-state index is 0. The molecule has 0 aromatic carbocycles. The van der Waals surface area contributed by atoms with Crippen LogP contribution in [0, 0.1) is 0 Å². The summed E-state index contributed by atoms with van der Waals surface area (Å²) in [5, 5.41) is 7.72. The van der Waals surface area contributed by atoms with Crippen LogP contribution in [0.2, 0.25) is 0 Å². The van der Waals surface area contributed by atoms with Gasteiger partial charge in [0.2, 0.25) is 0 Å². The van der Waals surface area contributed by atoms with E-state index < -0.39 is 0 Å². The predicted molar refractivity (Wildman–Crippen MR) is 38.4 cm³/mol. The van der Waals surface area contributed by atoms with Crippen molar-refractivity contribution in [3.8, 4) is 0 Å². The van der Waals surface area contributed by atoms with Crippen molar-refractivity contribution in [3.05, 3.63) is 24.7 Å². The Balaban J connectivity index is 0.000000605. The molecule has 0 spiro atoms. The molecule has 2 aromatic heterocycles. The first-order chi connectivity index (χ1) is 4.88. The Kier molecular flexibility index (Phi) is 2.70. The SMILES string of the molecule is [Cl-].[Mg+][c]1cccn2cnnc12. The molecule has 0 unspecified atom stereocenters. The number of pyridine rings is 1. The van der Waals surface area contributed by atoms with Crippen LogP contribution in [0.5, 0.6) is 0 Å². The second-order valence-corrected chi connectivity index (χ2v) is 2.86. The van der Waals surface area contributed by atoms with Crippen molar-refractivity contribution in [3.63, 3.8) is 0 Å². The minimum absolute atomic E-state index is 0. The van der Waals surface area contributed by atoms with Gasteiger partial charge in [0, 0.05) is 0 Å². The van der Waals surface area contributed by atoms with Gasteiger partial charge in [-0.2, -0.15) is 0 Å². The Morgan fingerprint density at radius 1 is 1.45 bits per heavy atom. The van der Waals surface area contributed by atoms with Crippen LogP contribution in [0.15, 0.2) is 24.7 Å². The second-order valence-electron chi connectivity index (χ2n) is 2.10. The fourth-order valence-corrected chi connectivity index (χ4v) is 1.30. The zero-order valence-electron chi connectivity index (χ0n) is 5.74. The Bertz CT molecular complexity index is 359. The second kappa shape index (κ2) is 3.38. The van der Waals surface area contributed by atoms with E-state index in [-0.39, 0.29) is 12.4 Å². The molecule has 0 N–H and O–H groups in total. The van der Waals surface area contributed by atoms with Gasteiger partial charge in [0.15, 0.2) is 0 Å². The van der Waals surface area contributed by atoms with Gasteiger partial charge in [-0.3, -0.25) is 0 Å². The van der Waals surface area contributed by atoms with Gasteiger partial charge in [-0.05, 0) is 0 Å².